The molecule has 0 saturated heterocycles. The van der Waals surface area contributed by atoms with Gasteiger partial charge in [0, 0.05) is 12.4 Å². The van der Waals surface area contributed by atoms with Gasteiger partial charge in [-0.15, -0.1) is 0 Å². The zero-order chi connectivity index (χ0) is 19.4. The van der Waals surface area contributed by atoms with Crippen LogP contribution in [0, 0.1) is 5.82 Å². The molecule has 142 valence electrons. The van der Waals surface area contributed by atoms with Crippen molar-refractivity contribution in [2.45, 2.75) is 12.3 Å². The third-order valence-corrected chi connectivity index (χ3v) is 4.60. The molecule has 2 aromatic rings. The molecule has 4 rings (SSSR count). The standard InChI is InChI=1S/C12H9BrFN.C6H8F2N4/c13-11-8-10(1-2-12(11)14)7-9-3-5-15-6-4-9;7-6(8)2-11-4-1-10-5(9)12(4)3-6/h1-6,8H,7H2;1-3H2,(H2,9,10). The highest BCUT2D eigenvalue weighted by molar-refractivity contribution is 9.10. The molecule has 0 fully saturated rings. The molecule has 0 saturated carbocycles. The lowest BCUT2D eigenvalue weighted by molar-refractivity contribution is -0.00379. The van der Waals surface area contributed by atoms with Crippen LogP contribution in [0.4, 0.5) is 13.2 Å². The van der Waals surface area contributed by atoms with Gasteiger partial charge in [0.25, 0.3) is 5.92 Å². The summed E-state index contributed by atoms with van der Waals surface area (Å²) in [6.07, 6.45) is 4.31. The van der Waals surface area contributed by atoms with Gasteiger partial charge in [-0.3, -0.25) is 14.9 Å². The van der Waals surface area contributed by atoms with Crippen LogP contribution in [0.1, 0.15) is 11.1 Å². The number of guanidine groups is 1. The van der Waals surface area contributed by atoms with Crippen LogP contribution in [-0.2, 0) is 6.42 Å². The molecule has 2 aliphatic heterocycles. The Bertz CT molecular complexity index is 871. The van der Waals surface area contributed by atoms with Crippen LogP contribution >= 0.6 is 15.9 Å². The highest BCUT2D eigenvalue weighted by atomic mass is 79.9. The summed E-state index contributed by atoms with van der Waals surface area (Å²) in [5.74, 6) is -2.30. The van der Waals surface area contributed by atoms with Crippen molar-refractivity contribution in [3.63, 3.8) is 0 Å². The van der Waals surface area contributed by atoms with E-state index in [9.17, 15) is 13.2 Å². The lowest BCUT2D eigenvalue weighted by Gasteiger charge is -2.28. The molecule has 1 aromatic carbocycles. The second-order valence-corrected chi connectivity index (χ2v) is 6.98. The van der Waals surface area contributed by atoms with Gasteiger partial charge in [-0.2, -0.15) is 0 Å². The Labute approximate surface area is 163 Å². The van der Waals surface area contributed by atoms with Gasteiger partial charge >= 0.3 is 0 Å². The van der Waals surface area contributed by atoms with E-state index >= 15 is 0 Å². The monoisotopic (exact) mass is 439 g/mol. The van der Waals surface area contributed by atoms with E-state index in [0.717, 1.165) is 12.0 Å². The molecule has 1 aromatic heterocycles. The van der Waals surface area contributed by atoms with Crippen LogP contribution in [0.25, 0.3) is 0 Å². The van der Waals surface area contributed by atoms with Crippen molar-refractivity contribution in [2.75, 3.05) is 19.6 Å². The number of alkyl halides is 2. The third-order valence-electron chi connectivity index (χ3n) is 3.99. The highest BCUT2D eigenvalue weighted by Crippen LogP contribution is 2.22. The summed E-state index contributed by atoms with van der Waals surface area (Å²) < 4.78 is 39.0. The van der Waals surface area contributed by atoms with Gasteiger partial charge in [0.15, 0.2) is 5.96 Å². The number of rotatable bonds is 2. The zero-order valence-corrected chi connectivity index (χ0v) is 15.8. The van der Waals surface area contributed by atoms with Gasteiger partial charge in [0.1, 0.15) is 24.7 Å². The van der Waals surface area contributed by atoms with E-state index in [-0.39, 0.29) is 18.3 Å². The van der Waals surface area contributed by atoms with Gasteiger partial charge in [0.2, 0.25) is 0 Å². The Morgan fingerprint density at radius 3 is 2.56 bits per heavy atom. The second kappa shape index (κ2) is 8.08. The van der Waals surface area contributed by atoms with Crippen molar-refractivity contribution in [3.05, 3.63) is 64.1 Å². The van der Waals surface area contributed by atoms with E-state index < -0.39 is 12.5 Å². The van der Waals surface area contributed by atoms with Crippen molar-refractivity contribution >= 4 is 27.7 Å². The average molecular weight is 440 g/mol. The van der Waals surface area contributed by atoms with Crippen LogP contribution in [-0.4, -0.2) is 47.2 Å². The van der Waals surface area contributed by atoms with E-state index in [1.165, 1.54) is 16.5 Å². The molecule has 2 N–H and O–H groups in total. The minimum absolute atomic E-state index is 0.146. The fraction of sp³-hybridized carbons (Fsp3) is 0.278. The molecule has 0 atom stereocenters. The summed E-state index contributed by atoms with van der Waals surface area (Å²) in [6, 6.07) is 8.98. The molecule has 9 heteroatoms. The highest BCUT2D eigenvalue weighted by Gasteiger charge is 2.39. The fourth-order valence-corrected chi connectivity index (χ4v) is 3.06. The quantitative estimate of drug-likeness (QED) is 0.780. The van der Waals surface area contributed by atoms with Crippen LogP contribution in [0.3, 0.4) is 0 Å². The second-order valence-electron chi connectivity index (χ2n) is 6.13. The Hall–Kier alpha value is -2.42. The summed E-state index contributed by atoms with van der Waals surface area (Å²) in [7, 11) is 0. The van der Waals surface area contributed by atoms with E-state index in [1.807, 2.05) is 12.1 Å². The number of halogens is 4. The largest absolute Gasteiger partial charge is 0.369 e. The lowest BCUT2D eigenvalue weighted by Crippen LogP contribution is -2.49. The number of hydrogen-bond donors (Lipinski definition) is 1. The van der Waals surface area contributed by atoms with Gasteiger partial charge in [-0.1, -0.05) is 6.07 Å². The van der Waals surface area contributed by atoms with E-state index in [2.05, 4.69) is 30.9 Å². The lowest BCUT2D eigenvalue weighted by atomic mass is 10.1. The SMILES string of the molecule is Fc1ccc(Cc2ccncc2)cc1Br.NC1=NCC2=NCC(F)(F)CN12. The Balaban J connectivity index is 0.000000159. The first-order valence-electron chi connectivity index (χ1n) is 8.15. The third kappa shape index (κ3) is 5.06. The molecule has 0 unspecified atom stereocenters. The van der Waals surface area contributed by atoms with Crippen LogP contribution in [0.15, 0.2) is 57.2 Å². The Kier molecular flexibility index (Phi) is 5.79. The molecule has 0 spiro atoms. The van der Waals surface area contributed by atoms with Gasteiger partial charge < -0.3 is 5.73 Å². The van der Waals surface area contributed by atoms with Crippen molar-refractivity contribution in [3.8, 4) is 0 Å². The van der Waals surface area contributed by atoms with Crippen LogP contribution < -0.4 is 5.73 Å². The smallest absolute Gasteiger partial charge is 0.284 e. The number of aliphatic imine (C=N–C) groups is 2. The van der Waals surface area contributed by atoms with E-state index in [1.54, 1.807) is 24.5 Å². The van der Waals surface area contributed by atoms with Gasteiger partial charge in [0.05, 0.1) is 11.0 Å². The normalized spacial score (nSPS) is 17.4. The maximum Gasteiger partial charge on any atom is 0.284 e. The minimum atomic E-state index is -2.77. The molecule has 5 nitrogen and oxygen atoms in total. The van der Waals surface area contributed by atoms with Crippen LogP contribution in [0.5, 0.6) is 0 Å². The first kappa shape index (κ1) is 19.3. The number of fused-ring (bicyclic) bond motifs is 1. The summed E-state index contributed by atoms with van der Waals surface area (Å²) in [4.78, 5) is 12.7. The first-order valence-corrected chi connectivity index (χ1v) is 8.95. The van der Waals surface area contributed by atoms with Gasteiger partial charge in [-0.05, 0) is 57.7 Å². The fourth-order valence-electron chi connectivity index (χ4n) is 2.64. The number of amidine groups is 1. The molecular formula is C18H17BrF3N5. The summed E-state index contributed by atoms with van der Waals surface area (Å²) in [5, 5.41) is 0. The number of nitrogens with zero attached hydrogens (tertiary/aromatic N) is 4. The topological polar surface area (TPSA) is 66.9 Å². The van der Waals surface area contributed by atoms with E-state index in [4.69, 9.17) is 5.73 Å². The number of pyridine rings is 1. The molecule has 27 heavy (non-hydrogen) atoms. The van der Waals surface area contributed by atoms with Crippen molar-refractivity contribution in [1.29, 1.82) is 0 Å². The molecule has 3 heterocycles. The molecule has 0 bridgehead atoms. The van der Waals surface area contributed by atoms with Crippen molar-refractivity contribution in [2.24, 2.45) is 15.7 Å². The minimum Gasteiger partial charge on any atom is -0.369 e. The summed E-state index contributed by atoms with van der Waals surface area (Å²) in [5.41, 5.74) is 7.62. The molecular weight excluding hydrogens is 423 g/mol. The predicted octanol–water partition coefficient (Wildman–Crippen LogP) is 3.24. The van der Waals surface area contributed by atoms with Crippen LogP contribution in [0.2, 0.25) is 0 Å². The maximum absolute atomic E-state index is 13.0. The molecule has 2 aliphatic rings. The maximum atomic E-state index is 13.0. The summed E-state index contributed by atoms with van der Waals surface area (Å²) >= 11 is 3.17. The van der Waals surface area contributed by atoms with Gasteiger partial charge in [-0.25, -0.2) is 18.2 Å². The summed E-state index contributed by atoms with van der Waals surface area (Å²) in [6.45, 7) is -0.495. The number of benzene rings is 1. The number of hydrogen-bond acceptors (Lipinski definition) is 5. The Morgan fingerprint density at radius 2 is 1.85 bits per heavy atom. The average Bonchev–Trinajstić information content (AvgIpc) is 2.99. The Morgan fingerprint density at radius 1 is 1.11 bits per heavy atom. The van der Waals surface area contributed by atoms with Crippen molar-refractivity contribution in [1.82, 2.24) is 9.88 Å². The molecule has 0 radical (unpaired) electrons. The molecule has 0 amide bonds. The zero-order valence-electron chi connectivity index (χ0n) is 14.2. The predicted molar refractivity (Wildman–Crippen MR) is 102 cm³/mol. The number of aromatic nitrogens is 1. The molecule has 0 aliphatic carbocycles. The van der Waals surface area contributed by atoms with E-state index in [0.29, 0.717) is 16.9 Å². The number of nitrogens with two attached hydrogens (primary N) is 1. The first-order chi connectivity index (χ1) is 12.8. The van der Waals surface area contributed by atoms with Crippen molar-refractivity contribution < 1.29 is 13.2 Å².